The van der Waals surface area contributed by atoms with E-state index in [0.29, 0.717) is 0 Å². The van der Waals surface area contributed by atoms with E-state index in [9.17, 15) is 19.5 Å². The van der Waals surface area contributed by atoms with Crippen molar-refractivity contribution in [1.29, 1.82) is 0 Å². The molecule has 1 heterocycles. The van der Waals surface area contributed by atoms with Gasteiger partial charge in [-0.2, -0.15) is 5.10 Å². The van der Waals surface area contributed by atoms with Crippen molar-refractivity contribution in [2.24, 2.45) is 7.05 Å². The summed E-state index contributed by atoms with van der Waals surface area (Å²) in [5, 5.41) is 16.0. The topological polar surface area (TPSA) is 114 Å². The number of hydrogen-bond acceptors (Lipinski definition) is 5. The number of amides is 2. The van der Waals surface area contributed by atoms with E-state index >= 15 is 0 Å². The van der Waals surface area contributed by atoms with Crippen molar-refractivity contribution in [3.63, 3.8) is 0 Å². The number of ether oxygens (including phenoxy) is 1. The third kappa shape index (κ3) is 5.52. The van der Waals surface area contributed by atoms with Crippen LogP contribution < -0.4 is 5.32 Å². The molecule has 1 aliphatic rings. The van der Waals surface area contributed by atoms with Crippen LogP contribution in [-0.2, 0) is 23.1 Å². The lowest BCUT2D eigenvalue weighted by molar-refractivity contribution is -0.137. The summed E-state index contributed by atoms with van der Waals surface area (Å²) in [6.45, 7) is 0.342. The van der Waals surface area contributed by atoms with Crippen LogP contribution in [0, 0.1) is 0 Å². The van der Waals surface area contributed by atoms with E-state index in [4.69, 9.17) is 4.74 Å². The molecule has 9 nitrogen and oxygen atoms in total. The maximum Gasteiger partial charge on any atom is 0.412 e. The van der Waals surface area contributed by atoms with Gasteiger partial charge in [0.2, 0.25) is 0 Å². The maximum atomic E-state index is 13.5. The number of carbonyl (C=O) groups excluding carboxylic acids is 2. The number of carboxylic acid groups (broad SMARTS) is 1. The maximum absolute atomic E-state index is 13.5. The van der Waals surface area contributed by atoms with Crippen LogP contribution in [-0.4, -0.2) is 50.9 Å². The molecule has 1 aliphatic carbocycles. The van der Waals surface area contributed by atoms with Gasteiger partial charge < -0.3 is 14.7 Å². The molecule has 0 radical (unpaired) electrons. The summed E-state index contributed by atoms with van der Waals surface area (Å²) in [5.41, 5.74) is 5.44. The van der Waals surface area contributed by atoms with Crippen LogP contribution in [0.2, 0.25) is 0 Å². The summed E-state index contributed by atoms with van der Waals surface area (Å²) in [5.74, 6) is -1.38. The monoisotopic (exact) mass is 524 g/mol. The lowest BCUT2D eigenvalue weighted by Crippen LogP contribution is -2.33. The van der Waals surface area contributed by atoms with E-state index < -0.39 is 18.0 Å². The Hall–Kier alpha value is -4.92. The second kappa shape index (κ2) is 11.2. The summed E-state index contributed by atoms with van der Waals surface area (Å²) in [4.78, 5) is 39.1. The van der Waals surface area contributed by atoms with E-state index in [1.165, 1.54) is 15.8 Å². The van der Waals surface area contributed by atoms with E-state index in [1.54, 1.807) is 7.05 Å². The fraction of sp³-hybridized carbons (Fsp3) is 0.200. The number of anilines is 1. The minimum Gasteiger partial charge on any atom is -0.481 e. The molecule has 2 N–H and O–H groups in total. The van der Waals surface area contributed by atoms with Crippen LogP contribution in [0.4, 0.5) is 10.6 Å². The highest BCUT2D eigenvalue weighted by Gasteiger charge is 2.30. The van der Waals surface area contributed by atoms with Crippen molar-refractivity contribution in [3.05, 3.63) is 107 Å². The van der Waals surface area contributed by atoms with E-state index in [1.807, 2.05) is 66.7 Å². The van der Waals surface area contributed by atoms with Crippen LogP contribution in [0.1, 0.15) is 39.4 Å². The second-order valence-electron chi connectivity index (χ2n) is 9.34. The van der Waals surface area contributed by atoms with Crippen LogP contribution >= 0.6 is 0 Å². The third-order valence-corrected chi connectivity index (χ3v) is 6.83. The van der Waals surface area contributed by atoms with Gasteiger partial charge in [-0.3, -0.25) is 19.6 Å². The molecule has 1 aromatic heterocycles. The predicted molar refractivity (Wildman–Crippen MR) is 145 cm³/mol. The van der Waals surface area contributed by atoms with Crippen LogP contribution in [0.5, 0.6) is 0 Å². The molecule has 3 aromatic carbocycles. The Morgan fingerprint density at radius 1 is 0.949 bits per heavy atom. The second-order valence-corrected chi connectivity index (χ2v) is 9.34. The number of hydrogen-bond donors (Lipinski definition) is 2. The van der Waals surface area contributed by atoms with Gasteiger partial charge in [-0.15, -0.1) is 0 Å². The molecule has 0 saturated carbocycles. The van der Waals surface area contributed by atoms with Crippen molar-refractivity contribution in [3.8, 4) is 11.1 Å². The van der Waals surface area contributed by atoms with E-state index in [-0.39, 0.29) is 43.4 Å². The molecule has 0 fully saturated rings. The number of rotatable bonds is 9. The van der Waals surface area contributed by atoms with Gasteiger partial charge in [0.15, 0.2) is 0 Å². The van der Waals surface area contributed by atoms with Crippen molar-refractivity contribution < 1.29 is 24.2 Å². The van der Waals surface area contributed by atoms with Crippen molar-refractivity contribution in [2.75, 3.05) is 18.5 Å². The number of nitrogens with one attached hydrogen (secondary N) is 1. The lowest BCUT2D eigenvalue weighted by Gasteiger charge is -2.22. The first-order valence-electron chi connectivity index (χ1n) is 12.6. The summed E-state index contributed by atoms with van der Waals surface area (Å²) < 4.78 is 7.03. The quantitative estimate of drug-likeness (QED) is 0.322. The van der Waals surface area contributed by atoms with Crippen molar-refractivity contribution in [2.45, 2.75) is 18.9 Å². The summed E-state index contributed by atoms with van der Waals surface area (Å²) in [6, 6.07) is 25.4. The number of aromatic nitrogens is 2. The number of aliphatic carboxylic acids is 1. The minimum atomic E-state index is -1.01. The number of nitrogens with zero attached hydrogens (tertiary/aromatic N) is 3. The fourth-order valence-electron chi connectivity index (χ4n) is 4.93. The van der Waals surface area contributed by atoms with Gasteiger partial charge in [-0.05, 0) is 27.8 Å². The molecule has 0 atom stereocenters. The molecular formula is C30H28N4O5. The number of carboxylic acids is 1. The Morgan fingerprint density at radius 3 is 2.21 bits per heavy atom. The van der Waals surface area contributed by atoms with E-state index in [2.05, 4.69) is 22.5 Å². The molecule has 2 amide bonds. The van der Waals surface area contributed by atoms with Gasteiger partial charge in [0, 0.05) is 26.1 Å². The largest absolute Gasteiger partial charge is 0.481 e. The molecule has 39 heavy (non-hydrogen) atoms. The summed E-state index contributed by atoms with van der Waals surface area (Å²) in [6.07, 6.45) is 0.434. The predicted octanol–water partition coefficient (Wildman–Crippen LogP) is 4.90. The number of aryl methyl sites for hydroxylation is 1. The molecule has 0 unspecified atom stereocenters. The van der Waals surface area contributed by atoms with Gasteiger partial charge in [0.1, 0.15) is 18.0 Å². The molecular weight excluding hydrogens is 496 g/mol. The van der Waals surface area contributed by atoms with Gasteiger partial charge in [-0.25, -0.2) is 4.79 Å². The Labute approximate surface area is 225 Å². The van der Waals surface area contributed by atoms with Gasteiger partial charge >= 0.3 is 12.1 Å². The Balaban J connectivity index is 1.31. The fourth-order valence-corrected chi connectivity index (χ4v) is 4.93. The summed E-state index contributed by atoms with van der Waals surface area (Å²) in [7, 11) is 1.61. The van der Waals surface area contributed by atoms with Crippen LogP contribution in [0.3, 0.4) is 0 Å². The normalized spacial score (nSPS) is 11.9. The third-order valence-electron chi connectivity index (χ3n) is 6.83. The first-order valence-corrected chi connectivity index (χ1v) is 12.6. The highest BCUT2D eigenvalue weighted by molar-refractivity contribution is 6.01. The Bertz CT molecular complexity index is 1470. The first kappa shape index (κ1) is 25.7. The molecule has 0 saturated heterocycles. The minimum absolute atomic E-state index is 0.00232. The molecule has 0 bridgehead atoms. The number of carbonyl (C=O) groups is 3. The first-order chi connectivity index (χ1) is 18.9. The van der Waals surface area contributed by atoms with Crippen LogP contribution in [0.25, 0.3) is 11.1 Å². The molecule has 0 spiro atoms. The average Bonchev–Trinajstić information content (AvgIpc) is 3.47. The smallest absolute Gasteiger partial charge is 0.412 e. The highest BCUT2D eigenvalue weighted by atomic mass is 16.5. The SMILES string of the molecule is Cn1ncc(C(=O)N(CCC(=O)O)Cc2ccccc2)c1NC(=O)OCC1c2ccccc2-c2ccccc21. The Kier molecular flexibility index (Phi) is 7.40. The zero-order valence-corrected chi connectivity index (χ0v) is 21.4. The van der Waals surface area contributed by atoms with Crippen LogP contribution in [0.15, 0.2) is 85.1 Å². The van der Waals surface area contributed by atoms with E-state index in [0.717, 1.165) is 27.8 Å². The molecule has 0 aliphatic heterocycles. The summed E-state index contributed by atoms with van der Waals surface area (Å²) >= 11 is 0. The molecule has 198 valence electrons. The van der Waals surface area contributed by atoms with Gasteiger partial charge in [0.25, 0.3) is 5.91 Å². The highest BCUT2D eigenvalue weighted by Crippen LogP contribution is 2.44. The zero-order valence-electron chi connectivity index (χ0n) is 21.4. The lowest BCUT2D eigenvalue weighted by atomic mass is 9.98. The van der Waals surface area contributed by atoms with Gasteiger partial charge in [0.05, 0.1) is 12.6 Å². The van der Waals surface area contributed by atoms with Gasteiger partial charge in [-0.1, -0.05) is 78.9 Å². The average molecular weight is 525 g/mol. The number of fused-ring (bicyclic) bond motifs is 3. The zero-order chi connectivity index (χ0) is 27.4. The van der Waals surface area contributed by atoms with Crippen molar-refractivity contribution >= 4 is 23.8 Å². The molecule has 9 heteroatoms. The molecule has 4 aromatic rings. The molecule has 5 rings (SSSR count). The van der Waals surface area contributed by atoms with Crippen molar-refractivity contribution in [1.82, 2.24) is 14.7 Å². The standard InChI is InChI=1S/C30H28N4O5/c1-33-28(25(17-31-33)29(37)34(16-15-27(35)36)18-20-9-3-2-4-10-20)32-30(38)39-19-26-23-13-7-5-11-21(23)22-12-6-8-14-24(22)26/h2-14,17,26H,15-16,18-19H2,1H3,(H,32,38)(H,35,36). The number of benzene rings is 3. The Morgan fingerprint density at radius 2 is 1.56 bits per heavy atom.